The Morgan fingerprint density at radius 3 is 2.65 bits per heavy atom. The number of hydrogen-bond acceptors (Lipinski definition) is 1. The zero-order valence-electron chi connectivity index (χ0n) is 14.9. The minimum Gasteiger partial charge on any atom is -0.324 e. The first-order chi connectivity index (χ1) is 12.7. The minimum atomic E-state index is -0.0274. The average molecular weight is 345 g/mol. The van der Waals surface area contributed by atoms with Crippen LogP contribution in [-0.2, 0) is 0 Å². The SMILES string of the molecule is Cc1ccccc1C1CCCN1C(=O)Nc1cccc(-n2cccc2)c1. The Kier molecular flexibility index (Phi) is 4.48. The van der Waals surface area contributed by atoms with Gasteiger partial charge in [-0.3, -0.25) is 0 Å². The number of nitrogens with zero attached hydrogens (tertiary/aromatic N) is 2. The maximum Gasteiger partial charge on any atom is 0.322 e. The Morgan fingerprint density at radius 2 is 1.85 bits per heavy atom. The molecule has 2 amide bonds. The van der Waals surface area contributed by atoms with Crippen LogP contribution in [0.2, 0.25) is 0 Å². The van der Waals surface area contributed by atoms with Gasteiger partial charge in [-0.15, -0.1) is 0 Å². The van der Waals surface area contributed by atoms with Crippen LogP contribution in [-0.4, -0.2) is 22.0 Å². The largest absolute Gasteiger partial charge is 0.324 e. The molecule has 1 atom stereocenters. The fourth-order valence-electron chi connectivity index (χ4n) is 3.74. The first-order valence-corrected chi connectivity index (χ1v) is 9.09. The maximum atomic E-state index is 12.9. The van der Waals surface area contributed by atoms with Crippen LogP contribution in [0.3, 0.4) is 0 Å². The van der Waals surface area contributed by atoms with Crippen LogP contribution < -0.4 is 5.32 Å². The molecule has 4 heteroatoms. The number of carbonyl (C=O) groups excluding carboxylic acids is 1. The van der Waals surface area contributed by atoms with E-state index in [2.05, 4.69) is 30.4 Å². The first-order valence-electron chi connectivity index (χ1n) is 9.09. The van der Waals surface area contributed by atoms with Crippen molar-refractivity contribution in [3.05, 3.63) is 84.2 Å². The fourth-order valence-corrected chi connectivity index (χ4v) is 3.74. The highest BCUT2D eigenvalue weighted by molar-refractivity contribution is 5.90. The molecule has 26 heavy (non-hydrogen) atoms. The van der Waals surface area contributed by atoms with E-state index in [1.54, 1.807) is 0 Å². The average Bonchev–Trinajstić information content (AvgIpc) is 3.34. The highest BCUT2D eigenvalue weighted by Crippen LogP contribution is 2.34. The summed E-state index contributed by atoms with van der Waals surface area (Å²) >= 11 is 0. The molecule has 0 bridgehead atoms. The summed E-state index contributed by atoms with van der Waals surface area (Å²) in [5.41, 5.74) is 4.34. The van der Waals surface area contributed by atoms with Gasteiger partial charge in [-0.05, 0) is 61.2 Å². The molecule has 0 saturated carbocycles. The van der Waals surface area contributed by atoms with Gasteiger partial charge in [0.15, 0.2) is 0 Å². The van der Waals surface area contributed by atoms with Crippen molar-refractivity contribution in [2.75, 3.05) is 11.9 Å². The van der Waals surface area contributed by atoms with E-state index in [1.165, 1.54) is 11.1 Å². The summed E-state index contributed by atoms with van der Waals surface area (Å²) in [5, 5.41) is 3.08. The van der Waals surface area contributed by atoms with Crippen molar-refractivity contribution in [2.45, 2.75) is 25.8 Å². The van der Waals surface area contributed by atoms with E-state index < -0.39 is 0 Å². The Labute approximate surface area is 154 Å². The first kappa shape index (κ1) is 16.5. The summed E-state index contributed by atoms with van der Waals surface area (Å²) in [6.45, 7) is 2.91. The monoisotopic (exact) mass is 345 g/mol. The number of rotatable bonds is 3. The molecule has 0 aliphatic carbocycles. The van der Waals surface area contributed by atoms with Gasteiger partial charge in [-0.25, -0.2) is 4.79 Å². The maximum absolute atomic E-state index is 12.9. The van der Waals surface area contributed by atoms with E-state index in [1.807, 2.05) is 64.3 Å². The predicted octanol–water partition coefficient (Wildman–Crippen LogP) is 5.15. The molecule has 1 N–H and O–H groups in total. The summed E-state index contributed by atoms with van der Waals surface area (Å²) in [6.07, 6.45) is 6.04. The molecule has 4 rings (SSSR count). The molecule has 2 heterocycles. The molecule has 0 spiro atoms. The molecule has 1 aromatic heterocycles. The van der Waals surface area contributed by atoms with E-state index in [9.17, 15) is 4.79 Å². The number of urea groups is 1. The normalized spacial score (nSPS) is 16.7. The lowest BCUT2D eigenvalue weighted by molar-refractivity contribution is 0.207. The molecule has 4 nitrogen and oxygen atoms in total. The number of hydrogen-bond donors (Lipinski definition) is 1. The summed E-state index contributed by atoms with van der Waals surface area (Å²) < 4.78 is 2.03. The van der Waals surface area contributed by atoms with Gasteiger partial charge >= 0.3 is 6.03 Å². The third-order valence-corrected chi connectivity index (χ3v) is 5.06. The molecule has 3 aromatic rings. The number of likely N-dealkylation sites (tertiary alicyclic amines) is 1. The Morgan fingerprint density at radius 1 is 1.04 bits per heavy atom. The zero-order chi connectivity index (χ0) is 17.9. The molecule has 132 valence electrons. The number of benzene rings is 2. The number of nitrogens with one attached hydrogen (secondary N) is 1. The predicted molar refractivity (Wildman–Crippen MR) is 105 cm³/mol. The van der Waals surface area contributed by atoms with Crippen LogP contribution in [0.1, 0.15) is 30.0 Å². The third-order valence-electron chi connectivity index (χ3n) is 5.06. The Bertz CT molecular complexity index is 901. The number of amides is 2. The molecule has 1 saturated heterocycles. The molecule has 1 unspecified atom stereocenters. The second kappa shape index (κ2) is 7.08. The van der Waals surface area contributed by atoms with Gasteiger partial charge in [0.1, 0.15) is 0 Å². The van der Waals surface area contributed by atoms with Crippen LogP contribution in [0.4, 0.5) is 10.5 Å². The van der Waals surface area contributed by atoms with E-state index in [4.69, 9.17) is 0 Å². The number of anilines is 1. The summed E-state index contributed by atoms with van der Waals surface area (Å²) in [5.74, 6) is 0. The second-order valence-corrected chi connectivity index (χ2v) is 6.78. The fraction of sp³-hybridized carbons (Fsp3) is 0.227. The van der Waals surface area contributed by atoms with Gasteiger partial charge < -0.3 is 14.8 Å². The number of carbonyl (C=O) groups is 1. The van der Waals surface area contributed by atoms with Crippen LogP contribution in [0.5, 0.6) is 0 Å². The summed E-state index contributed by atoms with van der Waals surface area (Å²) in [4.78, 5) is 14.9. The van der Waals surface area contributed by atoms with Gasteiger partial charge in [0.05, 0.1) is 6.04 Å². The molecule has 1 aliphatic heterocycles. The molecular weight excluding hydrogens is 322 g/mol. The van der Waals surface area contributed by atoms with Crippen LogP contribution in [0.25, 0.3) is 5.69 Å². The third kappa shape index (κ3) is 3.23. The van der Waals surface area contributed by atoms with Crippen LogP contribution >= 0.6 is 0 Å². The lowest BCUT2D eigenvalue weighted by atomic mass is 9.99. The quantitative estimate of drug-likeness (QED) is 0.700. The Balaban J connectivity index is 1.53. The van der Waals surface area contributed by atoms with Crippen molar-refractivity contribution in [1.82, 2.24) is 9.47 Å². The standard InChI is InChI=1S/C22H23N3O/c1-17-8-2-3-11-20(17)21-12-7-15-25(21)22(26)23-18-9-6-10-19(16-18)24-13-4-5-14-24/h2-6,8-11,13-14,16,21H,7,12,15H2,1H3,(H,23,26). The molecule has 2 aromatic carbocycles. The number of aryl methyl sites for hydroxylation is 1. The van der Waals surface area contributed by atoms with Gasteiger partial charge in [0.25, 0.3) is 0 Å². The van der Waals surface area contributed by atoms with Crippen molar-refractivity contribution in [3.63, 3.8) is 0 Å². The highest BCUT2D eigenvalue weighted by atomic mass is 16.2. The lowest BCUT2D eigenvalue weighted by Gasteiger charge is -2.26. The van der Waals surface area contributed by atoms with E-state index in [-0.39, 0.29) is 12.1 Å². The Hall–Kier alpha value is -3.01. The van der Waals surface area contributed by atoms with Crippen molar-refractivity contribution in [1.29, 1.82) is 0 Å². The summed E-state index contributed by atoms with van der Waals surface area (Å²) in [7, 11) is 0. The van der Waals surface area contributed by atoms with Gasteiger partial charge in [-0.2, -0.15) is 0 Å². The van der Waals surface area contributed by atoms with E-state index in [0.29, 0.717) is 0 Å². The molecule has 0 radical (unpaired) electrons. The molecular formula is C22H23N3O. The minimum absolute atomic E-state index is 0.0274. The van der Waals surface area contributed by atoms with Crippen molar-refractivity contribution in [3.8, 4) is 5.69 Å². The zero-order valence-corrected chi connectivity index (χ0v) is 14.9. The number of aromatic nitrogens is 1. The second-order valence-electron chi connectivity index (χ2n) is 6.78. The van der Waals surface area contributed by atoms with Crippen molar-refractivity contribution < 1.29 is 4.79 Å². The smallest absolute Gasteiger partial charge is 0.322 e. The van der Waals surface area contributed by atoms with Gasteiger partial charge in [0.2, 0.25) is 0 Å². The topological polar surface area (TPSA) is 37.3 Å². The highest BCUT2D eigenvalue weighted by Gasteiger charge is 2.30. The van der Waals surface area contributed by atoms with Crippen LogP contribution in [0.15, 0.2) is 73.1 Å². The van der Waals surface area contributed by atoms with Gasteiger partial charge in [0, 0.05) is 30.3 Å². The van der Waals surface area contributed by atoms with Crippen LogP contribution in [0, 0.1) is 6.92 Å². The van der Waals surface area contributed by atoms with E-state index in [0.717, 1.165) is 30.8 Å². The van der Waals surface area contributed by atoms with E-state index >= 15 is 0 Å². The van der Waals surface area contributed by atoms with Crippen molar-refractivity contribution >= 4 is 11.7 Å². The van der Waals surface area contributed by atoms with Gasteiger partial charge in [-0.1, -0.05) is 30.3 Å². The molecule has 1 aliphatic rings. The molecule has 1 fully saturated rings. The summed E-state index contributed by atoms with van der Waals surface area (Å²) in [6, 6.07) is 20.4. The lowest BCUT2D eigenvalue weighted by Crippen LogP contribution is -2.34. The van der Waals surface area contributed by atoms with Crippen molar-refractivity contribution in [2.24, 2.45) is 0 Å².